The van der Waals surface area contributed by atoms with Crippen LogP contribution in [0, 0.1) is 0 Å². The Hall–Kier alpha value is -0.350. The number of fused-ring (bicyclic) bond motifs is 1. The number of nitrogens with two attached hydrogens (primary N) is 1. The fraction of sp³-hybridized carbons (Fsp3) is 0.125. The van der Waals surface area contributed by atoms with Crippen molar-refractivity contribution < 1.29 is 0 Å². The molecule has 0 atom stereocenters. The molecule has 13 heavy (non-hydrogen) atoms. The summed E-state index contributed by atoms with van der Waals surface area (Å²) in [4.78, 5) is 0. The minimum Gasteiger partial charge on any atom is -0.326 e. The van der Waals surface area contributed by atoms with E-state index in [1.165, 1.54) is 21.6 Å². The predicted octanol–water partition coefficient (Wildman–Crippen LogP) is 2.60. The van der Waals surface area contributed by atoms with E-state index >= 15 is 0 Å². The molecule has 1 heterocycles. The van der Waals surface area contributed by atoms with Crippen LogP contribution in [0.4, 0.5) is 0 Å². The Labute approximate surface area is 93.1 Å². The van der Waals surface area contributed by atoms with Gasteiger partial charge in [0.05, 0.1) is 4.70 Å². The fourth-order valence-corrected chi connectivity index (χ4v) is 1.67. The first kappa shape index (κ1) is 12.7. The molecule has 0 amide bonds. The molecule has 0 fully saturated rings. The van der Waals surface area contributed by atoms with E-state index in [1.807, 2.05) is 12.3 Å². The van der Waals surface area contributed by atoms with E-state index in [0.717, 1.165) is 5.56 Å². The largest absolute Gasteiger partial charge is 0.326 e. The monoisotopic (exact) mass is 236 g/mol. The van der Waals surface area contributed by atoms with E-state index in [-0.39, 0.29) is 24.8 Å². The van der Waals surface area contributed by atoms with Gasteiger partial charge in [0, 0.05) is 18.1 Å². The molecule has 72 valence electrons. The third-order valence-electron chi connectivity index (χ3n) is 1.65. The van der Waals surface area contributed by atoms with Gasteiger partial charge in [0.15, 0.2) is 0 Å². The van der Waals surface area contributed by atoms with E-state index in [2.05, 4.69) is 16.5 Å². The molecule has 2 nitrogen and oxygen atoms in total. The first-order valence-electron chi connectivity index (χ1n) is 3.43. The lowest BCUT2D eigenvalue weighted by Crippen LogP contribution is -1.94. The van der Waals surface area contributed by atoms with Gasteiger partial charge in [-0.2, -0.15) is 4.37 Å². The molecule has 0 unspecified atom stereocenters. The van der Waals surface area contributed by atoms with Crippen molar-refractivity contribution in [1.82, 2.24) is 4.37 Å². The van der Waals surface area contributed by atoms with Gasteiger partial charge >= 0.3 is 0 Å². The molecule has 0 aliphatic carbocycles. The lowest BCUT2D eigenvalue weighted by molar-refractivity contribution is 1.08. The molecule has 0 aliphatic heterocycles. The highest BCUT2D eigenvalue weighted by atomic mass is 35.5. The summed E-state index contributed by atoms with van der Waals surface area (Å²) >= 11 is 1.52. The summed E-state index contributed by atoms with van der Waals surface area (Å²) in [5.74, 6) is 0. The minimum absolute atomic E-state index is 0. The third kappa shape index (κ3) is 2.54. The van der Waals surface area contributed by atoms with E-state index in [1.54, 1.807) is 0 Å². The van der Waals surface area contributed by atoms with Crippen molar-refractivity contribution in [3.63, 3.8) is 0 Å². The highest BCUT2D eigenvalue weighted by Crippen LogP contribution is 2.18. The summed E-state index contributed by atoms with van der Waals surface area (Å²) in [6.45, 7) is 0.603. The van der Waals surface area contributed by atoms with Gasteiger partial charge in [-0.05, 0) is 29.2 Å². The SMILES string of the molecule is Cl.Cl.NCc1ccc2sncc2c1. The number of hydrogen-bond donors (Lipinski definition) is 1. The molecular weight excluding hydrogens is 227 g/mol. The maximum Gasteiger partial charge on any atom is 0.0550 e. The van der Waals surface area contributed by atoms with Crippen LogP contribution in [-0.2, 0) is 6.54 Å². The number of aromatic nitrogens is 1. The van der Waals surface area contributed by atoms with Gasteiger partial charge < -0.3 is 5.73 Å². The molecule has 0 bridgehead atoms. The van der Waals surface area contributed by atoms with Crippen LogP contribution in [-0.4, -0.2) is 4.37 Å². The Kier molecular flexibility index (Phi) is 5.25. The summed E-state index contributed by atoms with van der Waals surface area (Å²) in [5.41, 5.74) is 6.66. The highest BCUT2D eigenvalue weighted by molar-refractivity contribution is 7.13. The summed E-state index contributed by atoms with van der Waals surface area (Å²) in [6.07, 6.45) is 1.87. The molecular formula is C8H10Cl2N2S. The normalized spacial score (nSPS) is 9.00. The van der Waals surface area contributed by atoms with Gasteiger partial charge in [0.2, 0.25) is 0 Å². The van der Waals surface area contributed by atoms with Gasteiger partial charge in [0.25, 0.3) is 0 Å². The number of nitrogens with zero attached hydrogens (tertiary/aromatic N) is 1. The van der Waals surface area contributed by atoms with Crippen molar-refractivity contribution in [3.8, 4) is 0 Å². The second kappa shape index (κ2) is 5.40. The van der Waals surface area contributed by atoms with Gasteiger partial charge in [-0.3, -0.25) is 0 Å². The highest BCUT2D eigenvalue weighted by Gasteiger charge is 1.95. The average Bonchev–Trinajstić information content (AvgIpc) is 2.50. The van der Waals surface area contributed by atoms with Crippen LogP contribution in [0.1, 0.15) is 5.56 Å². The second-order valence-electron chi connectivity index (χ2n) is 2.40. The maximum absolute atomic E-state index is 5.49. The molecule has 2 rings (SSSR count). The van der Waals surface area contributed by atoms with Crippen molar-refractivity contribution in [2.24, 2.45) is 5.73 Å². The third-order valence-corrected chi connectivity index (χ3v) is 2.43. The first-order valence-corrected chi connectivity index (χ1v) is 4.21. The van der Waals surface area contributed by atoms with E-state index in [0.29, 0.717) is 6.54 Å². The molecule has 5 heteroatoms. The summed E-state index contributed by atoms with van der Waals surface area (Å²) in [5, 5.41) is 1.19. The van der Waals surface area contributed by atoms with Crippen LogP contribution in [0.15, 0.2) is 24.4 Å². The summed E-state index contributed by atoms with van der Waals surface area (Å²) < 4.78 is 5.30. The van der Waals surface area contributed by atoms with Crippen molar-refractivity contribution in [2.75, 3.05) is 0 Å². The predicted molar refractivity (Wildman–Crippen MR) is 62.0 cm³/mol. The Morgan fingerprint density at radius 3 is 2.77 bits per heavy atom. The topological polar surface area (TPSA) is 38.9 Å². The molecule has 0 spiro atoms. The van der Waals surface area contributed by atoms with Crippen LogP contribution >= 0.6 is 36.3 Å². The molecule has 0 saturated carbocycles. The Morgan fingerprint density at radius 2 is 2.08 bits per heavy atom. The molecule has 2 N–H and O–H groups in total. The van der Waals surface area contributed by atoms with Crippen molar-refractivity contribution in [3.05, 3.63) is 30.0 Å². The van der Waals surface area contributed by atoms with E-state index < -0.39 is 0 Å². The van der Waals surface area contributed by atoms with Gasteiger partial charge in [-0.25, -0.2) is 0 Å². The average molecular weight is 237 g/mol. The van der Waals surface area contributed by atoms with Gasteiger partial charge in [0.1, 0.15) is 0 Å². The number of halogens is 2. The molecule has 0 aliphatic rings. The first-order chi connectivity index (χ1) is 5.40. The smallest absolute Gasteiger partial charge is 0.0550 e. The molecule has 1 aromatic carbocycles. The van der Waals surface area contributed by atoms with E-state index in [9.17, 15) is 0 Å². The lowest BCUT2D eigenvalue weighted by atomic mass is 10.2. The number of rotatable bonds is 1. The van der Waals surface area contributed by atoms with Crippen LogP contribution in [0.2, 0.25) is 0 Å². The zero-order valence-electron chi connectivity index (χ0n) is 6.77. The summed E-state index contributed by atoms with van der Waals surface area (Å²) in [7, 11) is 0. The zero-order valence-corrected chi connectivity index (χ0v) is 9.22. The van der Waals surface area contributed by atoms with Gasteiger partial charge in [-0.15, -0.1) is 24.8 Å². The van der Waals surface area contributed by atoms with Crippen LogP contribution in [0.25, 0.3) is 10.1 Å². The second-order valence-corrected chi connectivity index (χ2v) is 3.24. The van der Waals surface area contributed by atoms with E-state index in [4.69, 9.17) is 5.73 Å². The fourth-order valence-electron chi connectivity index (χ4n) is 1.05. The quantitative estimate of drug-likeness (QED) is 0.827. The Balaban J connectivity index is 0.000000720. The van der Waals surface area contributed by atoms with Crippen molar-refractivity contribution >= 4 is 46.4 Å². The number of benzene rings is 1. The van der Waals surface area contributed by atoms with Crippen molar-refractivity contribution in [2.45, 2.75) is 6.54 Å². The van der Waals surface area contributed by atoms with Crippen LogP contribution < -0.4 is 5.73 Å². The molecule has 0 radical (unpaired) electrons. The minimum atomic E-state index is 0. The van der Waals surface area contributed by atoms with Crippen LogP contribution in [0.3, 0.4) is 0 Å². The van der Waals surface area contributed by atoms with Gasteiger partial charge in [-0.1, -0.05) is 6.07 Å². The summed E-state index contributed by atoms with van der Waals surface area (Å²) in [6, 6.07) is 6.19. The number of hydrogen-bond acceptors (Lipinski definition) is 3. The zero-order chi connectivity index (χ0) is 7.68. The molecule has 0 saturated heterocycles. The van der Waals surface area contributed by atoms with Crippen LogP contribution in [0.5, 0.6) is 0 Å². The van der Waals surface area contributed by atoms with Crippen molar-refractivity contribution in [1.29, 1.82) is 0 Å². The molecule has 2 aromatic rings. The molecule has 1 aromatic heterocycles. The standard InChI is InChI=1S/C8H8N2S.2ClH/c9-4-6-1-2-8-7(3-6)5-10-11-8;;/h1-3,5H,4,9H2;2*1H. The maximum atomic E-state index is 5.49. The Bertz CT molecular complexity index is 375. The lowest BCUT2D eigenvalue weighted by Gasteiger charge is -1.93. The Morgan fingerprint density at radius 1 is 1.31 bits per heavy atom.